The number of amides is 1. The van der Waals surface area contributed by atoms with Gasteiger partial charge < -0.3 is 10.0 Å². The van der Waals surface area contributed by atoms with Crippen LogP contribution in [0.25, 0.3) is 0 Å². The SMILES string of the molecule is CC#Cc1cc(C)c(C2C(=O)CC3(CCN(C(=O)c4ccnnc4)CC3)CC2O)c(C)c1. The van der Waals surface area contributed by atoms with Crippen molar-refractivity contribution in [2.45, 2.75) is 58.5 Å². The van der Waals surface area contributed by atoms with E-state index in [1.165, 1.54) is 12.4 Å². The Balaban J connectivity index is 1.49. The van der Waals surface area contributed by atoms with Gasteiger partial charge in [-0.1, -0.05) is 5.92 Å². The van der Waals surface area contributed by atoms with Crippen LogP contribution in [0.4, 0.5) is 0 Å². The number of hydrogen-bond donors (Lipinski definition) is 1. The normalized spacial score (nSPS) is 22.4. The zero-order valence-electron chi connectivity index (χ0n) is 18.9. The summed E-state index contributed by atoms with van der Waals surface area (Å²) in [5.41, 5.74) is 4.16. The second-order valence-electron chi connectivity index (χ2n) is 9.21. The van der Waals surface area contributed by atoms with E-state index in [1.807, 2.05) is 30.9 Å². The van der Waals surface area contributed by atoms with E-state index in [4.69, 9.17) is 0 Å². The zero-order chi connectivity index (χ0) is 22.9. The molecule has 1 aliphatic heterocycles. The summed E-state index contributed by atoms with van der Waals surface area (Å²) in [4.78, 5) is 27.9. The average molecular weight is 432 g/mol. The highest BCUT2D eigenvalue weighted by molar-refractivity contribution is 5.94. The van der Waals surface area contributed by atoms with Crippen LogP contribution in [0.3, 0.4) is 0 Å². The van der Waals surface area contributed by atoms with Crippen molar-refractivity contribution in [1.29, 1.82) is 0 Å². The van der Waals surface area contributed by atoms with E-state index in [-0.39, 0.29) is 17.1 Å². The molecule has 2 unspecified atom stereocenters. The van der Waals surface area contributed by atoms with E-state index in [0.717, 1.165) is 35.1 Å². The molecular formula is C26H29N3O3. The van der Waals surface area contributed by atoms with Crippen molar-refractivity contribution in [1.82, 2.24) is 15.1 Å². The lowest BCUT2D eigenvalue weighted by atomic mass is 9.62. The van der Waals surface area contributed by atoms with Gasteiger partial charge in [0.15, 0.2) is 0 Å². The van der Waals surface area contributed by atoms with E-state index in [9.17, 15) is 14.7 Å². The molecule has 1 aromatic heterocycles. The first-order chi connectivity index (χ1) is 15.3. The van der Waals surface area contributed by atoms with Crippen LogP contribution in [0.2, 0.25) is 0 Å². The topological polar surface area (TPSA) is 83.4 Å². The summed E-state index contributed by atoms with van der Waals surface area (Å²) >= 11 is 0. The van der Waals surface area contributed by atoms with Crippen LogP contribution in [0.15, 0.2) is 30.6 Å². The molecule has 1 aliphatic carbocycles. The molecule has 0 bridgehead atoms. The number of aliphatic hydroxyl groups is 1. The largest absolute Gasteiger partial charge is 0.392 e. The smallest absolute Gasteiger partial charge is 0.255 e. The molecule has 1 saturated heterocycles. The highest BCUT2D eigenvalue weighted by atomic mass is 16.3. The molecule has 2 aromatic rings. The van der Waals surface area contributed by atoms with Crippen molar-refractivity contribution in [3.05, 3.63) is 58.4 Å². The molecule has 166 valence electrons. The fraction of sp³-hybridized carbons (Fsp3) is 0.462. The van der Waals surface area contributed by atoms with Gasteiger partial charge in [0.1, 0.15) is 5.78 Å². The summed E-state index contributed by atoms with van der Waals surface area (Å²) in [6.45, 7) is 6.94. The van der Waals surface area contributed by atoms with Crippen molar-refractivity contribution in [2.24, 2.45) is 5.41 Å². The second kappa shape index (κ2) is 8.84. The summed E-state index contributed by atoms with van der Waals surface area (Å²) in [5.74, 6) is 5.54. The molecule has 1 spiro atoms. The minimum absolute atomic E-state index is 0.0585. The molecule has 2 atom stereocenters. The third-order valence-corrected chi connectivity index (χ3v) is 7.04. The van der Waals surface area contributed by atoms with E-state index in [2.05, 4.69) is 22.0 Å². The van der Waals surface area contributed by atoms with Gasteiger partial charge in [-0.2, -0.15) is 10.2 Å². The Kier molecular flexibility index (Phi) is 6.12. The molecular weight excluding hydrogens is 402 g/mol. The first-order valence-corrected chi connectivity index (χ1v) is 11.1. The Morgan fingerprint density at radius 3 is 2.44 bits per heavy atom. The summed E-state index contributed by atoms with van der Waals surface area (Å²) in [7, 11) is 0. The molecule has 1 aromatic carbocycles. The van der Waals surface area contributed by atoms with Crippen LogP contribution in [-0.2, 0) is 4.79 Å². The molecule has 0 radical (unpaired) electrons. The number of carbonyl (C=O) groups is 2. The fourth-order valence-corrected chi connectivity index (χ4v) is 5.53. The molecule has 1 amide bonds. The average Bonchev–Trinajstić information content (AvgIpc) is 2.76. The van der Waals surface area contributed by atoms with E-state index >= 15 is 0 Å². The van der Waals surface area contributed by atoms with Crippen LogP contribution in [-0.4, -0.2) is 51.1 Å². The van der Waals surface area contributed by atoms with Gasteiger partial charge in [0.05, 0.1) is 30.0 Å². The third kappa shape index (κ3) is 4.18. The van der Waals surface area contributed by atoms with Gasteiger partial charge in [0, 0.05) is 25.1 Å². The quantitative estimate of drug-likeness (QED) is 0.739. The third-order valence-electron chi connectivity index (χ3n) is 7.04. The molecule has 2 heterocycles. The van der Waals surface area contributed by atoms with Crippen LogP contribution in [0, 0.1) is 31.1 Å². The minimum Gasteiger partial charge on any atom is -0.392 e. The maximum absolute atomic E-state index is 13.3. The Morgan fingerprint density at radius 1 is 1.19 bits per heavy atom. The predicted molar refractivity (Wildman–Crippen MR) is 121 cm³/mol. The summed E-state index contributed by atoms with van der Waals surface area (Å²) in [6, 6.07) is 5.67. The number of aliphatic hydroxyl groups excluding tert-OH is 1. The van der Waals surface area contributed by atoms with Crippen molar-refractivity contribution in [2.75, 3.05) is 13.1 Å². The summed E-state index contributed by atoms with van der Waals surface area (Å²) in [5, 5.41) is 18.7. The first-order valence-electron chi connectivity index (χ1n) is 11.1. The number of benzene rings is 1. The molecule has 32 heavy (non-hydrogen) atoms. The van der Waals surface area contributed by atoms with Crippen molar-refractivity contribution in [3.8, 4) is 11.8 Å². The van der Waals surface area contributed by atoms with Gasteiger partial charge >= 0.3 is 0 Å². The maximum Gasteiger partial charge on any atom is 0.255 e. The van der Waals surface area contributed by atoms with Crippen LogP contribution >= 0.6 is 0 Å². The van der Waals surface area contributed by atoms with Crippen molar-refractivity contribution < 1.29 is 14.7 Å². The number of aryl methyl sites for hydroxylation is 2. The van der Waals surface area contributed by atoms with E-state index in [0.29, 0.717) is 31.5 Å². The zero-order valence-corrected chi connectivity index (χ0v) is 18.9. The molecule has 1 N–H and O–H groups in total. The lowest BCUT2D eigenvalue weighted by Crippen LogP contribution is -2.49. The van der Waals surface area contributed by atoms with Gasteiger partial charge in [-0.15, -0.1) is 5.92 Å². The number of ketones is 1. The number of carbonyl (C=O) groups excluding carboxylic acids is 2. The predicted octanol–water partition coefficient (Wildman–Crippen LogP) is 3.19. The number of hydrogen-bond acceptors (Lipinski definition) is 5. The standard InChI is InChI=1S/C26H29N3O3/c1-4-5-19-12-17(2)23(18(3)13-19)24-21(30)14-26(15-22(24)31)7-10-29(11-8-26)25(32)20-6-9-27-28-16-20/h6,9,12-13,16,21,24,30H,7-8,10-11,14-15H2,1-3H3. The van der Waals surface area contributed by atoms with E-state index in [1.54, 1.807) is 13.0 Å². The highest BCUT2D eigenvalue weighted by Crippen LogP contribution is 2.48. The van der Waals surface area contributed by atoms with Crippen LogP contribution < -0.4 is 0 Å². The number of Topliss-reactive ketones (excluding diaryl/α,β-unsaturated/α-hetero) is 1. The molecule has 1 saturated carbocycles. The Labute approximate surface area is 189 Å². The van der Waals surface area contributed by atoms with Gasteiger partial charge in [-0.05, 0) is 80.3 Å². The lowest BCUT2D eigenvalue weighted by Gasteiger charge is -2.47. The van der Waals surface area contributed by atoms with Crippen molar-refractivity contribution >= 4 is 11.7 Å². The minimum atomic E-state index is -0.719. The molecule has 2 fully saturated rings. The monoisotopic (exact) mass is 431 g/mol. The Morgan fingerprint density at radius 2 is 1.88 bits per heavy atom. The van der Waals surface area contributed by atoms with Crippen LogP contribution in [0.1, 0.15) is 71.1 Å². The highest BCUT2D eigenvalue weighted by Gasteiger charge is 2.47. The van der Waals surface area contributed by atoms with Gasteiger partial charge in [-0.25, -0.2) is 0 Å². The summed E-state index contributed by atoms with van der Waals surface area (Å²) < 4.78 is 0. The van der Waals surface area contributed by atoms with Crippen molar-refractivity contribution in [3.63, 3.8) is 0 Å². The number of aromatic nitrogens is 2. The van der Waals surface area contributed by atoms with Gasteiger partial charge in [-0.3, -0.25) is 9.59 Å². The Hall–Kier alpha value is -3.04. The second-order valence-corrected chi connectivity index (χ2v) is 9.21. The fourth-order valence-electron chi connectivity index (χ4n) is 5.53. The molecule has 6 heteroatoms. The van der Waals surface area contributed by atoms with E-state index < -0.39 is 12.0 Å². The number of nitrogens with zero attached hydrogens (tertiary/aromatic N) is 3. The number of rotatable bonds is 2. The van der Waals surface area contributed by atoms with Crippen LogP contribution in [0.5, 0.6) is 0 Å². The Bertz CT molecular complexity index is 1070. The maximum atomic E-state index is 13.3. The number of likely N-dealkylation sites (tertiary alicyclic amines) is 1. The molecule has 2 aliphatic rings. The number of piperidine rings is 1. The van der Waals surface area contributed by atoms with Gasteiger partial charge in [0.25, 0.3) is 5.91 Å². The first kappa shape index (κ1) is 22.2. The summed E-state index contributed by atoms with van der Waals surface area (Å²) in [6.07, 6.45) is 4.74. The molecule has 4 rings (SSSR count). The lowest BCUT2D eigenvalue weighted by molar-refractivity contribution is -0.132. The van der Waals surface area contributed by atoms with Gasteiger partial charge in [0.2, 0.25) is 0 Å². The molecule has 6 nitrogen and oxygen atoms in total.